The normalized spacial score (nSPS) is 40.2. The van der Waals surface area contributed by atoms with Gasteiger partial charge in [-0.2, -0.15) is 0 Å². The number of phosphoric acid groups is 1. The van der Waals surface area contributed by atoms with Crippen LogP contribution in [-0.4, -0.2) is 51.1 Å². The summed E-state index contributed by atoms with van der Waals surface area (Å²) in [6.45, 7) is 11.3. The molecule has 1 aliphatic heterocycles. The summed E-state index contributed by atoms with van der Waals surface area (Å²) in [5.74, 6) is 1.46. The molecule has 11 atom stereocenters. The van der Waals surface area contributed by atoms with Crippen LogP contribution in [0.3, 0.4) is 0 Å². The summed E-state index contributed by atoms with van der Waals surface area (Å²) >= 11 is 0. The molecule has 0 bridgehead atoms. The molecule has 0 spiro atoms. The maximum atomic E-state index is 12.9. The number of carbonyl (C=O) groups is 1. The highest BCUT2D eigenvalue weighted by molar-refractivity contribution is 7.47. The van der Waals surface area contributed by atoms with Crippen molar-refractivity contribution in [2.24, 2.45) is 46.3 Å². The van der Waals surface area contributed by atoms with E-state index in [1.807, 2.05) is 0 Å². The van der Waals surface area contributed by atoms with Crippen LogP contribution in [0.4, 0.5) is 0 Å². The van der Waals surface area contributed by atoms with E-state index in [-0.39, 0.29) is 5.41 Å². The lowest BCUT2D eigenvalue weighted by Crippen LogP contribution is -2.51. The smallest absolute Gasteiger partial charge is 0.505 e. The van der Waals surface area contributed by atoms with Gasteiger partial charge in [-0.1, -0.05) is 65.5 Å². The molecule has 244 valence electrons. The maximum Gasteiger partial charge on any atom is 0.528 e. The first-order chi connectivity index (χ1) is 20.2. The molecule has 0 radical (unpaired) electrons. The number of esters is 1. The monoisotopic (exact) mass is 624 g/mol. The van der Waals surface area contributed by atoms with E-state index in [9.17, 15) is 24.5 Å². The van der Waals surface area contributed by atoms with Crippen LogP contribution >= 0.6 is 7.82 Å². The van der Waals surface area contributed by atoms with E-state index in [2.05, 4.69) is 40.7 Å². The van der Waals surface area contributed by atoms with Crippen LogP contribution in [0.1, 0.15) is 105 Å². The second kappa shape index (κ2) is 12.4. The zero-order chi connectivity index (χ0) is 31.3. The number of fused-ring (bicyclic) bond motifs is 5. The van der Waals surface area contributed by atoms with Crippen molar-refractivity contribution in [3.63, 3.8) is 0 Å². The van der Waals surface area contributed by atoms with E-state index in [1.165, 1.54) is 50.5 Å². The number of carbonyl (C=O) groups excluding carboxylic acids is 1. The molecule has 10 heteroatoms. The van der Waals surface area contributed by atoms with Gasteiger partial charge < -0.3 is 24.6 Å². The van der Waals surface area contributed by atoms with Gasteiger partial charge in [0, 0.05) is 0 Å². The molecule has 3 fully saturated rings. The lowest BCUT2D eigenvalue weighted by atomic mass is 9.47. The third kappa shape index (κ3) is 6.23. The molecule has 0 saturated heterocycles. The summed E-state index contributed by atoms with van der Waals surface area (Å²) < 4.78 is 28.2. The second-order valence-electron chi connectivity index (χ2n) is 15.1. The summed E-state index contributed by atoms with van der Waals surface area (Å²) in [5.41, 5.74) is 1.74. The molecule has 4 N–H and O–H groups in total. The molecule has 0 aromatic rings. The Morgan fingerprint density at radius 3 is 2.53 bits per heavy atom. The van der Waals surface area contributed by atoms with Gasteiger partial charge in [0.15, 0.2) is 11.9 Å². The molecule has 4 unspecified atom stereocenters. The Balaban J connectivity index is 1.23. The van der Waals surface area contributed by atoms with Gasteiger partial charge >= 0.3 is 13.8 Å². The Bertz CT molecular complexity index is 1170. The van der Waals surface area contributed by atoms with Crippen molar-refractivity contribution in [3.8, 4) is 0 Å². The fourth-order valence-electron chi connectivity index (χ4n) is 9.97. The third-order valence-corrected chi connectivity index (χ3v) is 13.2. The highest BCUT2D eigenvalue weighted by Crippen LogP contribution is 2.67. The highest BCUT2D eigenvalue weighted by atomic mass is 31.2. The quantitative estimate of drug-likeness (QED) is 0.114. The first-order valence-electron chi connectivity index (χ1n) is 16.5. The van der Waals surface area contributed by atoms with Crippen molar-refractivity contribution in [1.29, 1.82) is 0 Å². The highest BCUT2D eigenvalue weighted by Gasteiger charge is 2.59. The molecular formula is C33H53O9P. The van der Waals surface area contributed by atoms with Crippen molar-refractivity contribution in [3.05, 3.63) is 23.2 Å². The zero-order valence-corrected chi connectivity index (χ0v) is 27.4. The molecule has 0 aromatic carbocycles. The number of aliphatic hydroxyl groups excluding tert-OH is 3. The van der Waals surface area contributed by atoms with Crippen molar-refractivity contribution in [1.82, 2.24) is 0 Å². The molecule has 0 amide bonds. The van der Waals surface area contributed by atoms with Crippen LogP contribution in [0.25, 0.3) is 0 Å². The molecule has 0 aromatic heterocycles. The number of rotatable bonds is 11. The van der Waals surface area contributed by atoms with E-state index in [1.54, 1.807) is 0 Å². The maximum absolute atomic E-state index is 12.9. The number of phosphoric ester groups is 1. The van der Waals surface area contributed by atoms with Crippen LogP contribution in [0.5, 0.6) is 0 Å². The Morgan fingerprint density at radius 2 is 1.84 bits per heavy atom. The van der Waals surface area contributed by atoms with Crippen LogP contribution in [-0.2, 0) is 23.1 Å². The molecule has 3 saturated carbocycles. The second-order valence-corrected chi connectivity index (χ2v) is 16.4. The summed E-state index contributed by atoms with van der Waals surface area (Å²) in [7, 11) is -4.79. The van der Waals surface area contributed by atoms with E-state index < -0.39 is 50.2 Å². The number of allylic oxidation sites excluding steroid dienone is 1. The van der Waals surface area contributed by atoms with E-state index in [0.717, 1.165) is 36.5 Å². The van der Waals surface area contributed by atoms with Gasteiger partial charge in [-0.05, 0) is 97.7 Å². The van der Waals surface area contributed by atoms with Crippen LogP contribution in [0.2, 0.25) is 0 Å². The van der Waals surface area contributed by atoms with Crippen LogP contribution in [0.15, 0.2) is 23.2 Å². The third-order valence-electron chi connectivity index (χ3n) is 12.2. The average Bonchev–Trinajstić information content (AvgIpc) is 3.43. The minimum absolute atomic E-state index is 0.0368. The fourth-order valence-corrected chi connectivity index (χ4v) is 11.0. The SMILES string of the molecule is CC(C)CCCC(C)[C@H]1CC[C@@H]2C3CC=C4C[C@@H](OP(=O)(O)OC5=C(O)[C@@H](C(O)CO)OC5=O)CC[C@]4(C)[C@@H]3CC[C@]12C. The lowest BCUT2D eigenvalue weighted by Gasteiger charge is -2.58. The number of ether oxygens (including phenoxy) is 1. The standard InChI is InChI=1S/C33H53O9P/c1-19(2)7-6-8-20(3)24-11-12-25-23-10-9-21-17-22(13-15-32(21,4)26(23)14-16-33(24,25)5)41-43(38,39)42-30-28(36)29(27(35)18-34)40-31(30)37/h9,19-20,22-27,29,34-36H,6-8,10-18H2,1-5H3,(H,38,39)/t20?,22-,23?,24+,25+,26+,27?,29+,32-,33+/m0/s1. The minimum Gasteiger partial charge on any atom is -0.505 e. The Morgan fingerprint density at radius 1 is 1.09 bits per heavy atom. The first-order valence-corrected chi connectivity index (χ1v) is 18.0. The van der Waals surface area contributed by atoms with Gasteiger partial charge in [0.25, 0.3) is 5.76 Å². The molecule has 9 nitrogen and oxygen atoms in total. The molecular weight excluding hydrogens is 571 g/mol. The number of hydrogen-bond acceptors (Lipinski definition) is 8. The number of aliphatic hydroxyl groups is 3. The Hall–Kier alpha value is -1.38. The summed E-state index contributed by atoms with van der Waals surface area (Å²) in [5, 5.41) is 29.1. The topological polar surface area (TPSA) is 143 Å². The van der Waals surface area contributed by atoms with Crippen molar-refractivity contribution in [2.45, 2.75) is 124 Å². The fraction of sp³-hybridized carbons (Fsp3) is 0.848. The van der Waals surface area contributed by atoms with Crippen molar-refractivity contribution in [2.75, 3.05) is 6.61 Å². The van der Waals surface area contributed by atoms with Gasteiger partial charge in [0.1, 0.15) is 6.10 Å². The molecule has 1 heterocycles. The van der Waals surface area contributed by atoms with Crippen molar-refractivity contribution < 1.29 is 43.4 Å². The molecule has 5 aliphatic rings. The van der Waals surface area contributed by atoms with E-state index in [4.69, 9.17) is 18.9 Å². The van der Waals surface area contributed by atoms with Gasteiger partial charge in [0.2, 0.25) is 0 Å². The van der Waals surface area contributed by atoms with Crippen molar-refractivity contribution >= 4 is 13.8 Å². The van der Waals surface area contributed by atoms with Gasteiger partial charge in [-0.25, -0.2) is 9.36 Å². The largest absolute Gasteiger partial charge is 0.528 e. The molecule has 43 heavy (non-hydrogen) atoms. The van der Waals surface area contributed by atoms with Gasteiger partial charge in [-0.15, -0.1) is 0 Å². The Kier molecular flexibility index (Phi) is 9.54. The number of hydrogen-bond donors (Lipinski definition) is 4. The first kappa shape index (κ1) is 33.0. The van der Waals surface area contributed by atoms with Gasteiger partial charge in [0.05, 0.1) is 12.7 Å². The molecule has 5 rings (SSSR count). The minimum atomic E-state index is -4.79. The number of cyclic esters (lactones) is 1. The average molecular weight is 625 g/mol. The summed E-state index contributed by atoms with van der Waals surface area (Å²) in [6, 6.07) is 0. The predicted octanol–water partition coefficient (Wildman–Crippen LogP) is 6.58. The lowest BCUT2D eigenvalue weighted by molar-refractivity contribution is -0.147. The van der Waals surface area contributed by atoms with E-state index >= 15 is 0 Å². The van der Waals surface area contributed by atoms with Gasteiger partial charge in [-0.3, -0.25) is 9.42 Å². The molecule has 4 aliphatic carbocycles. The summed E-state index contributed by atoms with van der Waals surface area (Å²) in [4.78, 5) is 22.6. The summed E-state index contributed by atoms with van der Waals surface area (Å²) in [6.07, 6.45) is 10.8. The zero-order valence-electron chi connectivity index (χ0n) is 26.5. The Labute approximate surface area is 256 Å². The predicted molar refractivity (Wildman–Crippen MR) is 161 cm³/mol. The van der Waals surface area contributed by atoms with E-state index in [0.29, 0.717) is 30.1 Å². The van der Waals surface area contributed by atoms with Crippen LogP contribution < -0.4 is 0 Å². The van der Waals surface area contributed by atoms with Crippen LogP contribution in [0, 0.1) is 46.3 Å².